The van der Waals surface area contributed by atoms with Gasteiger partial charge in [-0.1, -0.05) is 6.58 Å². The van der Waals surface area contributed by atoms with Crippen LogP contribution in [0.15, 0.2) is 31.2 Å². The van der Waals surface area contributed by atoms with Crippen LogP contribution in [0.25, 0.3) is 5.57 Å². The van der Waals surface area contributed by atoms with Gasteiger partial charge in [0.05, 0.1) is 6.20 Å². The van der Waals surface area contributed by atoms with Gasteiger partial charge in [0.2, 0.25) is 0 Å². The average molecular weight is 188 g/mol. The maximum absolute atomic E-state index is 4.03. The molecule has 0 aromatic carbocycles. The quantitative estimate of drug-likeness (QED) is 0.688. The predicted molar refractivity (Wildman–Crippen MR) is 57.1 cm³/mol. The molecule has 0 bridgehead atoms. The summed E-state index contributed by atoms with van der Waals surface area (Å²) in [5, 5.41) is 9.73. The fourth-order valence-electron chi connectivity index (χ4n) is 1.40. The topological polar surface area (TPSA) is 56.5 Å². The SMILES string of the molecule is C=C(c1cn[nH]c1)c1cc[nH]c1NC. The van der Waals surface area contributed by atoms with E-state index in [1.165, 1.54) is 0 Å². The van der Waals surface area contributed by atoms with Crippen molar-refractivity contribution in [1.29, 1.82) is 0 Å². The first-order chi connectivity index (χ1) is 6.83. The van der Waals surface area contributed by atoms with Gasteiger partial charge in [-0.15, -0.1) is 0 Å². The third-order valence-electron chi connectivity index (χ3n) is 2.17. The molecule has 0 spiro atoms. The Bertz CT molecular complexity index is 425. The molecule has 0 saturated carbocycles. The molecule has 2 rings (SSSR count). The standard InChI is InChI=1S/C10H12N4/c1-7(8-5-13-14-6-8)9-3-4-12-10(9)11-2/h3-6,11-12H,1H2,2H3,(H,13,14). The van der Waals surface area contributed by atoms with Crippen LogP contribution in [0.1, 0.15) is 11.1 Å². The lowest BCUT2D eigenvalue weighted by atomic mass is 10.1. The van der Waals surface area contributed by atoms with Crippen LogP contribution >= 0.6 is 0 Å². The third kappa shape index (κ3) is 1.31. The Kier molecular flexibility index (Phi) is 2.10. The van der Waals surface area contributed by atoms with Crippen molar-refractivity contribution in [2.45, 2.75) is 0 Å². The Morgan fingerprint density at radius 2 is 2.43 bits per heavy atom. The first-order valence-electron chi connectivity index (χ1n) is 4.36. The van der Waals surface area contributed by atoms with Gasteiger partial charge in [0, 0.05) is 30.6 Å². The van der Waals surface area contributed by atoms with E-state index < -0.39 is 0 Å². The molecule has 3 N–H and O–H groups in total. The highest BCUT2D eigenvalue weighted by atomic mass is 15.1. The lowest BCUT2D eigenvalue weighted by molar-refractivity contribution is 1.09. The molecule has 0 unspecified atom stereocenters. The zero-order valence-electron chi connectivity index (χ0n) is 7.96. The Labute approximate surface area is 82.1 Å². The number of H-pyrrole nitrogens is 2. The molecule has 0 saturated heterocycles. The summed E-state index contributed by atoms with van der Waals surface area (Å²) in [6.45, 7) is 4.03. The van der Waals surface area contributed by atoms with E-state index in [1.807, 2.05) is 25.5 Å². The molecule has 4 heteroatoms. The van der Waals surface area contributed by atoms with Gasteiger partial charge in [-0.3, -0.25) is 5.10 Å². The van der Waals surface area contributed by atoms with Gasteiger partial charge in [0.1, 0.15) is 5.82 Å². The fourth-order valence-corrected chi connectivity index (χ4v) is 1.40. The zero-order valence-corrected chi connectivity index (χ0v) is 7.96. The van der Waals surface area contributed by atoms with Crippen LogP contribution in [0.2, 0.25) is 0 Å². The number of hydrogen-bond acceptors (Lipinski definition) is 2. The largest absolute Gasteiger partial charge is 0.374 e. The van der Waals surface area contributed by atoms with Gasteiger partial charge in [0.15, 0.2) is 0 Å². The molecule has 2 aromatic rings. The van der Waals surface area contributed by atoms with Crippen molar-refractivity contribution in [3.63, 3.8) is 0 Å². The summed E-state index contributed by atoms with van der Waals surface area (Å²) in [4.78, 5) is 3.10. The summed E-state index contributed by atoms with van der Waals surface area (Å²) >= 11 is 0. The van der Waals surface area contributed by atoms with E-state index in [-0.39, 0.29) is 0 Å². The summed E-state index contributed by atoms with van der Waals surface area (Å²) in [6.07, 6.45) is 5.47. The number of nitrogens with zero attached hydrogens (tertiary/aromatic N) is 1. The summed E-state index contributed by atoms with van der Waals surface area (Å²) in [7, 11) is 1.87. The molecule has 0 fully saturated rings. The normalized spacial score (nSPS) is 10.1. The van der Waals surface area contributed by atoms with Crippen LogP contribution in [-0.2, 0) is 0 Å². The van der Waals surface area contributed by atoms with Gasteiger partial charge >= 0.3 is 0 Å². The Morgan fingerprint density at radius 3 is 3.07 bits per heavy atom. The average Bonchev–Trinajstić information content (AvgIpc) is 2.87. The van der Waals surface area contributed by atoms with E-state index >= 15 is 0 Å². The second-order valence-corrected chi connectivity index (χ2v) is 2.98. The molecule has 72 valence electrons. The molecule has 0 amide bonds. The number of rotatable bonds is 3. The van der Waals surface area contributed by atoms with Crippen LogP contribution in [0, 0.1) is 0 Å². The molecular formula is C10H12N4. The summed E-state index contributed by atoms with van der Waals surface area (Å²) < 4.78 is 0. The van der Waals surface area contributed by atoms with Crippen LogP contribution < -0.4 is 5.32 Å². The molecule has 0 aliphatic carbocycles. The minimum atomic E-state index is 0.948. The zero-order chi connectivity index (χ0) is 9.97. The Hall–Kier alpha value is -1.97. The van der Waals surface area contributed by atoms with E-state index in [0.717, 1.165) is 22.5 Å². The van der Waals surface area contributed by atoms with E-state index in [4.69, 9.17) is 0 Å². The third-order valence-corrected chi connectivity index (χ3v) is 2.17. The van der Waals surface area contributed by atoms with E-state index in [9.17, 15) is 0 Å². The van der Waals surface area contributed by atoms with Crippen LogP contribution in [0.3, 0.4) is 0 Å². The Balaban J connectivity index is 2.36. The highest BCUT2D eigenvalue weighted by Crippen LogP contribution is 2.25. The van der Waals surface area contributed by atoms with Crippen molar-refractivity contribution in [2.24, 2.45) is 0 Å². The number of aromatic nitrogens is 3. The first-order valence-corrected chi connectivity index (χ1v) is 4.36. The fraction of sp³-hybridized carbons (Fsp3) is 0.100. The molecule has 2 heterocycles. The van der Waals surface area contributed by atoms with Gasteiger partial charge in [-0.2, -0.15) is 5.10 Å². The smallest absolute Gasteiger partial charge is 0.110 e. The predicted octanol–water partition coefficient (Wildman–Crippen LogP) is 1.84. The van der Waals surface area contributed by atoms with Crippen molar-refractivity contribution < 1.29 is 0 Å². The van der Waals surface area contributed by atoms with Crippen molar-refractivity contribution in [3.8, 4) is 0 Å². The minimum Gasteiger partial charge on any atom is -0.374 e. The van der Waals surface area contributed by atoms with Crippen LogP contribution in [0.4, 0.5) is 5.82 Å². The van der Waals surface area contributed by atoms with Gasteiger partial charge in [-0.25, -0.2) is 0 Å². The maximum atomic E-state index is 4.03. The van der Waals surface area contributed by atoms with Gasteiger partial charge < -0.3 is 10.3 Å². The Morgan fingerprint density at radius 1 is 1.57 bits per heavy atom. The van der Waals surface area contributed by atoms with Crippen LogP contribution in [-0.4, -0.2) is 22.2 Å². The number of nitrogens with one attached hydrogen (secondary N) is 3. The number of anilines is 1. The number of aromatic amines is 2. The second-order valence-electron chi connectivity index (χ2n) is 2.98. The van der Waals surface area contributed by atoms with E-state index in [2.05, 4.69) is 27.1 Å². The molecule has 0 aliphatic heterocycles. The second kappa shape index (κ2) is 3.41. The molecule has 14 heavy (non-hydrogen) atoms. The molecule has 0 atom stereocenters. The molecule has 0 radical (unpaired) electrons. The van der Waals surface area contributed by atoms with Gasteiger partial charge in [0.25, 0.3) is 0 Å². The molecule has 0 aliphatic rings. The van der Waals surface area contributed by atoms with Crippen molar-refractivity contribution in [1.82, 2.24) is 15.2 Å². The van der Waals surface area contributed by atoms with E-state index in [0.29, 0.717) is 0 Å². The molecule has 4 nitrogen and oxygen atoms in total. The molecular weight excluding hydrogens is 176 g/mol. The lowest BCUT2D eigenvalue weighted by Crippen LogP contribution is -1.92. The summed E-state index contributed by atoms with van der Waals surface area (Å²) in [5.74, 6) is 0.969. The minimum absolute atomic E-state index is 0.948. The van der Waals surface area contributed by atoms with E-state index in [1.54, 1.807) is 6.20 Å². The van der Waals surface area contributed by atoms with Gasteiger partial charge in [-0.05, 0) is 11.6 Å². The highest BCUT2D eigenvalue weighted by Gasteiger charge is 2.08. The summed E-state index contributed by atoms with van der Waals surface area (Å²) in [6, 6.07) is 1.99. The van der Waals surface area contributed by atoms with Crippen LogP contribution in [0.5, 0.6) is 0 Å². The monoisotopic (exact) mass is 188 g/mol. The van der Waals surface area contributed by atoms with Crippen molar-refractivity contribution in [3.05, 3.63) is 42.4 Å². The maximum Gasteiger partial charge on any atom is 0.110 e. The summed E-state index contributed by atoms with van der Waals surface area (Å²) in [5.41, 5.74) is 3.01. The highest BCUT2D eigenvalue weighted by molar-refractivity contribution is 5.83. The van der Waals surface area contributed by atoms with Crippen molar-refractivity contribution in [2.75, 3.05) is 12.4 Å². The first kappa shape index (κ1) is 8.62. The van der Waals surface area contributed by atoms with Crippen molar-refractivity contribution >= 4 is 11.4 Å². The molecule has 2 aromatic heterocycles. The number of hydrogen-bond donors (Lipinski definition) is 3. The lowest BCUT2D eigenvalue weighted by Gasteiger charge is -2.04.